The zero-order valence-electron chi connectivity index (χ0n) is 13.9. The summed E-state index contributed by atoms with van der Waals surface area (Å²) in [5.41, 5.74) is 2.69. The van der Waals surface area contributed by atoms with Crippen molar-refractivity contribution in [2.24, 2.45) is 0 Å². The van der Waals surface area contributed by atoms with E-state index < -0.39 is 0 Å². The maximum Gasteiger partial charge on any atom is 0.251 e. The van der Waals surface area contributed by atoms with Gasteiger partial charge in [-0.1, -0.05) is 42.5 Å². The standard InChI is InChI=1S/C20H22N2O2/c1-15(17-8-3-2-4-9-17)21-20(24)18-10-5-7-16(13-18)14-22-12-6-11-19(22)23/h2-5,7-10,13,15H,6,11-12,14H2,1H3,(H,21,24). The van der Waals surface area contributed by atoms with E-state index >= 15 is 0 Å². The molecule has 0 saturated carbocycles. The third-order valence-corrected chi connectivity index (χ3v) is 4.38. The monoisotopic (exact) mass is 322 g/mol. The Labute approximate surface area is 142 Å². The number of benzene rings is 2. The van der Waals surface area contributed by atoms with Crippen molar-refractivity contribution in [2.75, 3.05) is 6.54 Å². The fraction of sp³-hybridized carbons (Fsp3) is 0.300. The Hall–Kier alpha value is -2.62. The second kappa shape index (κ2) is 7.30. The molecule has 2 amide bonds. The third kappa shape index (κ3) is 3.82. The van der Waals surface area contributed by atoms with Gasteiger partial charge in [0, 0.05) is 25.1 Å². The first-order valence-corrected chi connectivity index (χ1v) is 8.36. The van der Waals surface area contributed by atoms with E-state index in [-0.39, 0.29) is 17.9 Å². The lowest BCUT2D eigenvalue weighted by Crippen LogP contribution is -2.27. The first kappa shape index (κ1) is 16.2. The predicted molar refractivity (Wildman–Crippen MR) is 93.4 cm³/mol. The van der Waals surface area contributed by atoms with Crippen molar-refractivity contribution in [3.63, 3.8) is 0 Å². The Bertz CT molecular complexity index is 727. The predicted octanol–water partition coefficient (Wildman–Crippen LogP) is 3.30. The van der Waals surface area contributed by atoms with Gasteiger partial charge in [-0.15, -0.1) is 0 Å². The summed E-state index contributed by atoms with van der Waals surface area (Å²) in [5, 5.41) is 3.02. The summed E-state index contributed by atoms with van der Waals surface area (Å²) in [7, 11) is 0. The van der Waals surface area contributed by atoms with Crippen molar-refractivity contribution in [1.82, 2.24) is 10.2 Å². The molecule has 0 bridgehead atoms. The molecule has 2 aromatic carbocycles. The van der Waals surface area contributed by atoms with Crippen molar-refractivity contribution < 1.29 is 9.59 Å². The Morgan fingerprint density at radius 1 is 1.17 bits per heavy atom. The maximum atomic E-state index is 12.5. The minimum atomic E-state index is -0.0963. The highest BCUT2D eigenvalue weighted by Crippen LogP contribution is 2.16. The molecular formula is C20H22N2O2. The second-order valence-corrected chi connectivity index (χ2v) is 6.23. The van der Waals surface area contributed by atoms with Gasteiger partial charge in [0.1, 0.15) is 0 Å². The molecule has 1 heterocycles. The molecular weight excluding hydrogens is 300 g/mol. The van der Waals surface area contributed by atoms with Crippen molar-refractivity contribution in [1.29, 1.82) is 0 Å². The van der Waals surface area contributed by atoms with Crippen LogP contribution in [-0.4, -0.2) is 23.3 Å². The SMILES string of the molecule is CC(NC(=O)c1cccc(CN2CCCC2=O)c1)c1ccccc1. The van der Waals surface area contributed by atoms with Gasteiger partial charge in [0.2, 0.25) is 5.91 Å². The van der Waals surface area contributed by atoms with Crippen LogP contribution in [0.1, 0.15) is 47.3 Å². The molecule has 0 aliphatic carbocycles. The van der Waals surface area contributed by atoms with Crippen LogP contribution in [0, 0.1) is 0 Å². The highest BCUT2D eigenvalue weighted by Gasteiger charge is 2.20. The van der Waals surface area contributed by atoms with Gasteiger partial charge >= 0.3 is 0 Å². The van der Waals surface area contributed by atoms with E-state index in [1.807, 2.05) is 66.4 Å². The number of likely N-dealkylation sites (tertiary alicyclic amines) is 1. The topological polar surface area (TPSA) is 49.4 Å². The van der Waals surface area contributed by atoms with E-state index in [0.717, 1.165) is 24.1 Å². The molecule has 2 aromatic rings. The molecule has 24 heavy (non-hydrogen) atoms. The van der Waals surface area contributed by atoms with Gasteiger partial charge in [-0.3, -0.25) is 9.59 Å². The lowest BCUT2D eigenvalue weighted by atomic mass is 10.1. The van der Waals surface area contributed by atoms with Crippen LogP contribution in [0.15, 0.2) is 54.6 Å². The second-order valence-electron chi connectivity index (χ2n) is 6.23. The molecule has 124 valence electrons. The summed E-state index contributed by atoms with van der Waals surface area (Å²) in [5.74, 6) is 0.100. The molecule has 1 fully saturated rings. The van der Waals surface area contributed by atoms with Crippen LogP contribution in [0.25, 0.3) is 0 Å². The summed E-state index contributed by atoms with van der Waals surface area (Å²) in [6, 6.07) is 17.4. The van der Waals surface area contributed by atoms with E-state index in [1.54, 1.807) is 0 Å². The number of hydrogen-bond acceptors (Lipinski definition) is 2. The van der Waals surface area contributed by atoms with Crippen molar-refractivity contribution in [2.45, 2.75) is 32.4 Å². The number of carbonyl (C=O) groups is 2. The van der Waals surface area contributed by atoms with Crippen LogP contribution in [-0.2, 0) is 11.3 Å². The van der Waals surface area contributed by atoms with Crippen molar-refractivity contribution >= 4 is 11.8 Å². The average molecular weight is 322 g/mol. The smallest absolute Gasteiger partial charge is 0.251 e. The fourth-order valence-electron chi connectivity index (χ4n) is 3.01. The lowest BCUT2D eigenvalue weighted by Gasteiger charge is -2.17. The first-order chi connectivity index (χ1) is 11.6. The molecule has 1 N–H and O–H groups in total. The van der Waals surface area contributed by atoms with Gasteiger partial charge in [0.15, 0.2) is 0 Å². The van der Waals surface area contributed by atoms with Crippen LogP contribution < -0.4 is 5.32 Å². The summed E-state index contributed by atoms with van der Waals surface area (Å²) in [6.07, 6.45) is 1.56. The molecule has 1 unspecified atom stereocenters. The number of carbonyl (C=O) groups excluding carboxylic acids is 2. The fourth-order valence-corrected chi connectivity index (χ4v) is 3.01. The Morgan fingerprint density at radius 2 is 1.96 bits per heavy atom. The first-order valence-electron chi connectivity index (χ1n) is 8.36. The van der Waals surface area contributed by atoms with Crippen LogP contribution in [0.4, 0.5) is 0 Å². The molecule has 4 heteroatoms. The molecule has 1 saturated heterocycles. The lowest BCUT2D eigenvalue weighted by molar-refractivity contribution is -0.128. The Balaban J connectivity index is 1.67. The highest BCUT2D eigenvalue weighted by atomic mass is 16.2. The van der Waals surface area contributed by atoms with E-state index in [2.05, 4.69) is 5.32 Å². The third-order valence-electron chi connectivity index (χ3n) is 4.38. The highest BCUT2D eigenvalue weighted by molar-refractivity contribution is 5.94. The molecule has 0 aromatic heterocycles. The minimum absolute atomic E-state index is 0.0532. The zero-order chi connectivity index (χ0) is 16.9. The summed E-state index contributed by atoms with van der Waals surface area (Å²) in [6.45, 7) is 3.36. The van der Waals surface area contributed by atoms with Gasteiger partial charge in [-0.25, -0.2) is 0 Å². The number of nitrogens with one attached hydrogen (secondary N) is 1. The van der Waals surface area contributed by atoms with Crippen molar-refractivity contribution in [3.8, 4) is 0 Å². The van der Waals surface area contributed by atoms with Gasteiger partial charge in [-0.05, 0) is 36.6 Å². The van der Waals surface area contributed by atoms with Crippen LogP contribution in [0.3, 0.4) is 0 Å². The summed E-state index contributed by atoms with van der Waals surface area (Å²) < 4.78 is 0. The van der Waals surface area contributed by atoms with E-state index in [9.17, 15) is 9.59 Å². The quantitative estimate of drug-likeness (QED) is 0.918. The van der Waals surface area contributed by atoms with Gasteiger partial charge < -0.3 is 10.2 Å². The normalized spacial score (nSPS) is 15.4. The van der Waals surface area contributed by atoms with Crippen LogP contribution in [0.5, 0.6) is 0 Å². The Morgan fingerprint density at radius 3 is 2.67 bits per heavy atom. The number of amides is 2. The van der Waals surface area contributed by atoms with Gasteiger partial charge in [0.05, 0.1) is 6.04 Å². The molecule has 0 spiro atoms. The van der Waals surface area contributed by atoms with Gasteiger partial charge in [0.25, 0.3) is 5.91 Å². The summed E-state index contributed by atoms with van der Waals surface area (Å²) in [4.78, 5) is 26.1. The average Bonchev–Trinajstić information content (AvgIpc) is 3.00. The van der Waals surface area contributed by atoms with E-state index in [1.165, 1.54) is 0 Å². The molecule has 1 atom stereocenters. The molecule has 4 nitrogen and oxygen atoms in total. The number of nitrogens with zero attached hydrogens (tertiary/aromatic N) is 1. The van der Waals surface area contributed by atoms with Gasteiger partial charge in [-0.2, -0.15) is 0 Å². The molecule has 1 aliphatic heterocycles. The Kier molecular flexibility index (Phi) is 4.94. The van der Waals surface area contributed by atoms with Crippen LogP contribution >= 0.6 is 0 Å². The zero-order valence-corrected chi connectivity index (χ0v) is 13.9. The minimum Gasteiger partial charge on any atom is -0.346 e. The van der Waals surface area contributed by atoms with E-state index in [4.69, 9.17) is 0 Å². The maximum absolute atomic E-state index is 12.5. The van der Waals surface area contributed by atoms with Crippen molar-refractivity contribution in [3.05, 3.63) is 71.3 Å². The number of rotatable bonds is 5. The summed E-state index contributed by atoms with van der Waals surface area (Å²) >= 11 is 0. The molecule has 3 rings (SSSR count). The number of hydrogen-bond donors (Lipinski definition) is 1. The molecule has 0 radical (unpaired) electrons. The largest absolute Gasteiger partial charge is 0.346 e. The van der Waals surface area contributed by atoms with Crippen LogP contribution in [0.2, 0.25) is 0 Å². The van der Waals surface area contributed by atoms with E-state index in [0.29, 0.717) is 18.5 Å². The molecule has 1 aliphatic rings.